The molecule has 3 aromatic rings. The summed E-state index contributed by atoms with van der Waals surface area (Å²) in [6, 6.07) is 7.88. The molecule has 0 aliphatic carbocycles. The highest BCUT2D eigenvalue weighted by atomic mass is 32.2. The molecule has 0 fully saturated rings. The molecule has 1 atom stereocenters. The van der Waals surface area contributed by atoms with E-state index in [-0.39, 0.29) is 33.8 Å². The molecule has 1 aliphatic heterocycles. The van der Waals surface area contributed by atoms with E-state index in [0.717, 1.165) is 22.2 Å². The number of hydrogen-bond acceptors (Lipinski definition) is 6. The minimum absolute atomic E-state index is 0.00696. The Kier molecular flexibility index (Phi) is 5.74. The third kappa shape index (κ3) is 4.35. The Morgan fingerprint density at radius 1 is 1.12 bits per heavy atom. The number of carboxylic acid groups (broad SMARTS) is 1. The zero-order chi connectivity index (χ0) is 24.0. The topological polar surface area (TPSA) is 104 Å². The lowest BCUT2D eigenvalue weighted by Crippen LogP contribution is -2.22. The van der Waals surface area contributed by atoms with E-state index in [1.807, 2.05) is 0 Å². The van der Waals surface area contributed by atoms with Crippen molar-refractivity contribution in [3.8, 4) is 11.5 Å². The molecule has 0 radical (unpaired) electrons. The van der Waals surface area contributed by atoms with Crippen molar-refractivity contribution in [2.75, 3.05) is 13.2 Å². The van der Waals surface area contributed by atoms with E-state index in [4.69, 9.17) is 19.3 Å². The average molecular weight is 485 g/mol. The van der Waals surface area contributed by atoms with Crippen LogP contribution in [0.1, 0.15) is 18.2 Å². The third-order valence-corrected chi connectivity index (χ3v) is 6.80. The van der Waals surface area contributed by atoms with E-state index >= 15 is 0 Å². The Morgan fingerprint density at radius 3 is 2.48 bits per heavy atom. The van der Waals surface area contributed by atoms with Gasteiger partial charge in [-0.3, -0.25) is 0 Å². The molecule has 2 aromatic carbocycles. The van der Waals surface area contributed by atoms with Gasteiger partial charge in [-0.25, -0.2) is 17.2 Å². The summed E-state index contributed by atoms with van der Waals surface area (Å²) < 4.78 is 83.6. The fourth-order valence-electron chi connectivity index (χ4n) is 3.38. The van der Waals surface area contributed by atoms with Gasteiger partial charge in [-0.2, -0.15) is 13.2 Å². The summed E-state index contributed by atoms with van der Waals surface area (Å²) in [5.41, 5.74) is -0.998. The number of benzene rings is 2. The first-order valence-electron chi connectivity index (χ1n) is 9.69. The maximum atomic E-state index is 13.5. The first-order valence-corrected chi connectivity index (χ1v) is 11.1. The lowest BCUT2D eigenvalue weighted by Gasteiger charge is -2.19. The number of fused-ring (bicyclic) bond motifs is 2. The Balaban J connectivity index is 1.86. The van der Waals surface area contributed by atoms with Gasteiger partial charge in [0, 0.05) is 11.5 Å². The number of nitrogens with zero attached hydrogens (tertiary/aromatic N) is 1. The molecule has 1 aliphatic rings. The highest BCUT2D eigenvalue weighted by Gasteiger charge is 2.32. The van der Waals surface area contributed by atoms with Crippen molar-refractivity contribution in [3.63, 3.8) is 0 Å². The van der Waals surface area contributed by atoms with Crippen LogP contribution in [-0.2, 0) is 32.3 Å². The summed E-state index contributed by atoms with van der Waals surface area (Å²) in [7, 11) is -4.33. The molecule has 0 amide bonds. The number of halogens is 3. The fraction of sp³-hybridized carbons (Fsp3) is 0.286. The van der Waals surface area contributed by atoms with Crippen LogP contribution in [0, 0.1) is 0 Å². The number of ether oxygens (including phenoxy) is 3. The van der Waals surface area contributed by atoms with E-state index < -0.39 is 40.4 Å². The predicted octanol–water partition coefficient (Wildman–Crippen LogP) is 3.66. The van der Waals surface area contributed by atoms with Gasteiger partial charge in [0.05, 0.1) is 28.3 Å². The molecule has 33 heavy (non-hydrogen) atoms. The molecule has 2 heterocycles. The quantitative estimate of drug-likeness (QED) is 0.568. The van der Waals surface area contributed by atoms with Crippen molar-refractivity contribution in [1.82, 2.24) is 3.97 Å². The van der Waals surface area contributed by atoms with Crippen molar-refractivity contribution in [3.05, 3.63) is 53.7 Å². The lowest BCUT2D eigenvalue weighted by molar-refractivity contribution is -0.150. The molecule has 0 bridgehead atoms. The normalized spacial score (nSPS) is 14.9. The van der Waals surface area contributed by atoms with Gasteiger partial charge >= 0.3 is 12.1 Å². The van der Waals surface area contributed by atoms with Gasteiger partial charge in [0.15, 0.2) is 17.6 Å². The SMILES string of the molecule is CC(OCc1cc2cc(C(F)(F)F)ccc2n1S(=O)(=O)c1ccc2c(c1)OCCO2)C(=O)O. The van der Waals surface area contributed by atoms with Gasteiger partial charge in [0.1, 0.15) is 13.2 Å². The average Bonchev–Trinajstić information content (AvgIpc) is 3.14. The molecule has 0 saturated carbocycles. The van der Waals surface area contributed by atoms with Crippen molar-refractivity contribution in [2.45, 2.75) is 30.7 Å². The Labute approximate surface area is 186 Å². The molecule has 4 rings (SSSR count). The summed E-state index contributed by atoms with van der Waals surface area (Å²) in [6.07, 6.45) is -5.89. The Bertz CT molecular complexity index is 1330. The number of carbonyl (C=O) groups is 1. The maximum Gasteiger partial charge on any atom is 0.416 e. The van der Waals surface area contributed by atoms with E-state index in [1.54, 1.807) is 0 Å². The molecule has 176 valence electrons. The van der Waals surface area contributed by atoms with Crippen LogP contribution >= 0.6 is 0 Å². The van der Waals surface area contributed by atoms with Crippen LogP contribution in [0.3, 0.4) is 0 Å². The lowest BCUT2D eigenvalue weighted by atomic mass is 10.1. The van der Waals surface area contributed by atoms with Crippen molar-refractivity contribution < 1.29 is 45.7 Å². The minimum atomic E-state index is -4.63. The van der Waals surface area contributed by atoms with Gasteiger partial charge in [-0.05, 0) is 43.3 Å². The van der Waals surface area contributed by atoms with Gasteiger partial charge in [-0.1, -0.05) is 0 Å². The van der Waals surface area contributed by atoms with E-state index in [1.165, 1.54) is 31.2 Å². The molecule has 1 aromatic heterocycles. The molecule has 12 heteroatoms. The summed E-state index contributed by atoms with van der Waals surface area (Å²) >= 11 is 0. The number of aromatic nitrogens is 1. The van der Waals surface area contributed by atoms with Gasteiger partial charge in [0.2, 0.25) is 0 Å². The highest BCUT2D eigenvalue weighted by Crippen LogP contribution is 2.36. The number of alkyl halides is 3. The second-order valence-corrected chi connectivity index (χ2v) is 9.06. The molecule has 0 spiro atoms. The fourth-order valence-corrected chi connectivity index (χ4v) is 4.93. The molecule has 8 nitrogen and oxygen atoms in total. The Hall–Kier alpha value is -3.25. The smallest absolute Gasteiger partial charge is 0.416 e. The predicted molar refractivity (Wildman–Crippen MR) is 109 cm³/mol. The van der Waals surface area contributed by atoms with Crippen molar-refractivity contribution in [1.29, 1.82) is 0 Å². The number of aliphatic carboxylic acids is 1. The van der Waals surface area contributed by atoms with Crippen LogP contribution < -0.4 is 9.47 Å². The summed E-state index contributed by atoms with van der Waals surface area (Å²) in [5, 5.41) is 9.05. The van der Waals surface area contributed by atoms with E-state index in [9.17, 15) is 26.4 Å². The minimum Gasteiger partial charge on any atom is -0.486 e. The van der Waals surface area contributed by atoms with Crippen molar-refractivity contribution in [2.24, 2.45) is 0 Å². The van der Waals surface area contributed by atoms with Gasteiger partial charge < -0.3 is 19.3 Å². The van der Waals surface area contributed by atoms with Crippen LogP contribution in [0.4, 0.5) is 13.2 Å². The highest BCUT2D eigenvalue weighted by molar-refractivity contribution is 7.90. The standard InChI is InChI=1S/C21H18F3NO7S/c1-12(20(26)27)32-11-15-9-13-8-14(21(22,23)24)2-4-17(13)25(15)33(28,29)16-3-5-18-19(10-16)31-7-6-30-18/h2-5,8-10,12H,6-7,11H2,1H3,(H,26,27). The van der Waals surface area contributed by atoms with Crippen LogP contribution in [0.15, 0.2) is 47.4 Å². The van der Waals surface area contributed by atoms with Crippen LogP contribution in [0.5, 0.6) is 11.5 Å². The van der Waals surface area contributed by atoms with Crippen molar-refractivity contribution >= 4 is 26.9 Å². The van der Waals surface area contributed by atoms with Crippen LogP contribution in [-0.4, -0.2) is 42.8 Å². The third-order valence-electron chi connectivity index (χ3n) is 5.04. The number of hydrogen-bond donors (Lipinski definition) is 1. The van der Waals surface area contributed by atoms with Crippen LogP contribution in [0.25, 0.3) is 10.9 Å². The van der Waals surface area contributed by atoms with Gasteiger partial charge in [-0.15, -0.1) is 0 Å². The largest absolute Gasteiger partial charge is 0.486 e. The van der Waals surface area contributed by atoms with Crippen LogP contribution in [0.2, 0.25) is 0 Å². The van der Waals surface area contributed by atoms with E-state index in [0.29, 0.717) is 12.4 Å². The zero-order valence-electron chi connectivity index (χ0n) is 17.1. The van der Waals surface area contributed by atoms with Gasteiger partial charge in [0.25, 0.3) is 10.0 Å². The number of rotatable bonds is 6. The molecule has 1 N–H and O–H groups in total. The molecule has 0 saturated heterocycles. The number of carboxylic acids is 1. The zero-order valence-corrected chi connectivity index (χ0v) is 17.9. The molecular formula is C21H18F3NO7S. The second kappa shape index (κ2) is 8.27. The molecule has 1 unspecified atom stereocenters. The molecular weight excluding hydrogens is 467 g/mol. The first-order chi connectivity index (χ1) is 15.5. The maximum absolute atomic E-state index is 13.5. The van der Waals surface area contributed by atoms with E-state index in [2.05, 4.69) is 0 Å². The first kappa shape index (κ1) is 22.9. The summed E-state index contributed by atoms with van der Waals surface area (Å²) in [5.74, 6) is -0.687. The second-order valence-electron chi connectivity index (χ2n) is 7.27. The summed E-state index contributed by atoms with van der Waals surface area (Å²) in [6.45, 7) is 1.33. The summed E-state index contributed by atoms with van der Waals surface area (Å²) in [4.78, 5) is 10.9. The monoisotopic (exact) mass is 485 g/mol. The Morgan fingerprint density at radius 2 is 1.82 bits per heavy atom.